The highest BCUT2D eigenvalue weighted by atomic mass is 32.2. The van der Waals surface area contributed by atoms with Crippen molar-refractivity contribution in [2.45, 2.75) is 0 Å². The van der Waals surface area contributed by atoms with E-state index >= 15 is 0 Å². The van der Waals surface area contributed by atoms with Gasteiger partial charge in [-0.25, -0.2) is 9.59 Å². The molecule has 0 aromatic heterocycles. The Labute approximate surface area is 119 Å². The number of carboxylic acids is 2. The lowest BCUT2D eigenvalue weighted by molar-refractivity contribution is -0.113. The largest absolute Gasteiger partial charge is 0.478 e. The first-order valence-corrected chi connectivity index (χ1v) is 6.69. The van der Waals surface area contributed by atoms with Crippen molar-refractivity contribution >= 4 is 35.3 Å². The van der Waals surface area contributed by atoms with Crippen LogP contribution in [0.2, 0.25) is 0 Å². The number of thioether (sulfide) groups is 1. The quantitative estimate of drug-likeness (QED) is 0.524. The van der Waals surface area contributed by atoms with Gasteiger partial charge in [0.25, 0.3) is 0 Å². The van der Waals surface area contributed by atoms with E-state index in [1.54, 1.807) is 6.08 Å². The molecule has 1 aromatic carbocycles. The molecule has 1 amide bonds. The van der Waals surface area contributed by atoms with Gasteiger partial charge in [-0.05, 0) is 18.2 Å². The molecule has 106 valence electrons. The number of carbonyl (C=O) groups excluding carboxylic acids is 1. The Hall–Kier alpha value is -2.28. The Morgan fingerprint density at radius 3 is 2.15 bits per heavy atom. The molecule has 0 bridgehead atoms. The van der Waals surface area contributed by atoms with Crippen LogP contribution in [0.5, 0.6) is 0 Å². The highest BCUT2D eigenvalue weighted by molar-refractivity contribution is 8.00. The van der Waals surface area contributed by atoms with Gasteiger partial charge < -0.3 is 15.5 Å². The number of benzene rings is 1. The summed E-state index contributed by atoms with van der Waals surface area (Å²) in [4.78, 5) is 33.4. The molecule has 0 aliphatic heterocycles. The molecule has 0 fully saturated rings. The molecular weight excluding hydrogens is 282 g/mol. The van der Waals surface area contributed by atoms with Gasteiger partial charge in [0.1, 0.15) is 0 Å². The summed E-state index contributed by atoms with van der Waals surface area (Å²) in [5.74, 6) is -2.07. The molecule has 0 saturated heterocycles. The molecule has 3 N–H and O–H groups in total. The predicted octanol–water partition coefficient (Wildman–Crippen LogP) is 1.94. The maximum absolute atomic E-state index is 11.6. The zero-order valence-corrected chi connectivity index (χ0v) is 11.3. The standard InChI is InChI=1S/C13H13NO5S/c1-2-3-20-7-11(15)14-10-5-8(12(16)17)4-9(6-10)13(18)19/h2,4-6H,1,3,7H2,(H,14,15)(H,16,17)(H,18,19). The Morgan fingerprint density at radius 1 is 1.15 bits per heavy atom. The maximum atomic E-state index is 11.6. The Morgan fingerprint density at radius 2 is 1.70 bits per heavy atom. The lowest BCUT2D eigenvalue weighted by Crippen LogP contribution is -2.15. The zero-order valence-electron chi connectivity index (χ0n) is 10.5. The first-order valence-electron chi connectivity index (χ1n) is 5.54. The molecule has 1 rings (SSSR count). The summed E-state index contributed by atoms with van der Waals surface area (Å²) in [5, 5.41) is 20.3. The number of rotatable bonds is 7. The first-order chi connectivity index (χ1) is 9.43. The molecule has 0 radical (unpaired) electrons. The minimum Gasteiger partial charge on any atom is -0.478 e. The summed E-state index contributed by atoms with van der Waals surface area (Å²) >= 11 is 1.34. The number of nitrogens with one attached hydrogen (secondary N) is 1. The van der Waals surface area contributed by atoms with Crippen molar-refractivity contribution in [1.29, 1.82) is 0 Å². The van der Waals surface area contributed by atoms with Gasteiger partial charge in [0.05, 0.1) is 16.9 Å². The Balaban J connectivity index is 2.88. The van der Waals surface area contributed by atoms with E-state index in [-0.39, 0.29) is 28.5 Å². The van der Waals surface area contributed by atoms with Crippen LogP contribution in [0.4, 0.5) is 5.69 Å². The molecule has 1 aromatic rings. The Bertz CT molecular complexity index is 523. The molecule has 7 heteroatoms. The Kier molecular flexibility index (Phi) is 5.79. The third-order valence-corrected chi connectivity index (χ3v) is 3.12. The van der Waals surface area contributed by atoms with Crippen molar-refractivity contribution in [3.05, 3.63) is 42.0 Å². The second-order valence-corrected chi connectivity index (χ2v) is 4.79. The van der Waals surface area contributed by atoms with E-state index in [9.17, 15) is 14.4 Å². The maximum Gasteiger partial charge on any atom is 0.335 e. The van der Waals surface area contributed by atoms with E-state index in [1.165, 1.54) is 23.9 Å². The van der Waals surface area contributed by atoms with Crippen LogP contribution in [-0.2, 0) is 4.79 Å². The monoisotopic (exact) mass is 295 g/mol. The number of carboxylic acid groups (broad SMARTS) is 2. The number of anilines is 1. The van der Waals surface area contributed by atoms with Crippen molar-refractivity contribution < 1.29 is 24.6 Å². The van der Waals surface area contributed by atoms with Crippen LogP contribution in [-0.4, -0.2) is 39.6 Å². The van der Waals surface area contributed by atoms with E-state index in [2.05, 4.69) is 11.9 Å². The summed E-state index contributed by atoms with van der Waals surface area (Å²) in [6.45, 7) is 3.52. The van der Waals surface area contributed by atoms with Crippen LogP contribution in [0.1, 0.15) is 20.7 Å². The van der Waals surface area contributed by atoms with Crippen LogP contribution in [0.25, 0.3) is 0 Å². The third-order valence-electron chi connectivity index (χ3n) is 2.18. The second kappa shape index (κ2) is 7.34. The molecule has 0 unspecified atom stereocenters. The number of aromatic carboxylic acids is 2. The first kappa shape index (κ1) is 15.8. The van der Waals surface area contributed by atoms with Gasteiger partial charge >= 0.3 is 11.9 Å². The number of hydrogen-bond acceptors (Lipinski definition) is 4. The lowest BCUT2D eigenvalue weighted by atomic mass is 10.1. The van der Waals surface area contributed by atoms with Gasteiger partial charge in [0.2, 0.25) is 5.91 Å². The van der Waals surface area contributed by atoms with Crippen molar-refractivity contribution in [3.63, 3.8) is 0 Å². The molecule has 0 atom stereocenters. The predicted molar refractivity (Wildman–Crippen MR) is 76.5 cm³/mol. The highest BCUT2D eigenvalue weighted by Gasteiger charge is 2.12. The fourth-order valence-corrected chi connectivity index (χ4v) is 1.92. The fraction of sp³-hybridized carbons (Fsp3) is 0.154. The third kappa shape index (κ3) is 4.77. The van der Waals surface area contributed by atoms with Crippen LogP contribution in [0.15, 0.2) is 30.9 Å². The fourth-order valence-electron chi connectivity index (χ4n) is 1.38. The SMILES string of the molecule is C=CCSCC(=O)Nc1cc(C(=O)O)cc(C(=O)O)c1. The smallest absolute Gasteiger partial charge is 0.335 e. The van der Waals surface area contributed by atoms with Gasteiger partial charge in [-0.15, -0.1) is 18.3 Å². The van der Waals surface area contributed by atoms with Gasteiger partial charge in [-0.2, -0.15) is 0 Å². The molecule has 0 spiro atoms. The molecule has 20 heavy (non-hydrogen) atoms. The average Bonchev–Trinajstić information content (AvgIpc) is 2.38. The summed E-state index contributed by atoms with van der Waals surface area (Å²) in [6.07, 6.45) is 1.66. The van der Waals surface area contributed by atoms with Crippen molar-refractivity contribution in [1.82, 2.24) is 0 Å². The van der Waals surface area contributed by atoms with Crippen LogP contribution in [0.3, 0.4) is 0 Å². The highest BCUT2D eigenvalue weighted by Crippen LogP contribution is 2.16. The van der Waals surface area contributed by atoms with E-state index < -0.39 is 11.9 Å². The summed E-state index contributed by atoms with van der Waals surface area (Å²) in [7, 11) is 0. The summed E-state index contributed by atoms with van der Waals surface area (Å²) < 4.78 is 0. The van der Waals surface area contributed by atoms with Crippen molar-refractivity contribution in [2.24, 2.45) is 0 Å². The van der Waals surface area contributed by atoms with Gasteiger partial charge in [-0.3, -0.25) is 4.79 Å². The van der Waals surface area contributed by atoms with Gasteiger partial charge in [-0.1, -0.05) is 6.08 Å². The molecule has 0 aliphatic carbocycles. The van der Waals surface area contributed by atoms with Crippen LogP contribution >= 0.6 is 11.8 Å². The minimum absolute atomic E-state index is 0.145. The minimum atomic E-state index is -1.26. The number of amides is 1. The number of hydrogen-bond donors (Lipinski definition) is 3. The lowest BCUT2D eigenvalue weighted by Gasteiger charge is -2.07. The molecule has 0 heterocycles. The topological polar surface area (TPSA) is 104 Å². The normalized spacial score (nSPS) is 9.80. The van der Waals surface area contributed by atoms with Crippen LogP contribution in [0, 0.1) is 0 Å². The number of carbonyl (C=O) groups is 3. The zero-order chi connectivity index (χ0) is 15.1. The van der Waals surface area contributed by atoms with E-state index in [0.717, 1.165) is 6.07 Å². The average molecular weight is 295 g/mol. The van der Waals surface area contributed by atoms with Gasteiger partial charge in [0, 0.05) is 11.4 Å². The summed E-state index contributed by atoms with van der Waals surface area (Å²) in [5.41, 5.74) is -0.246. The molecule has 6 nitrogen and oxygen atoms in total. The van der Waals surface area contributed by atoms with E-state index in [0.29, 0.717) is 5.75 Å². The van der Waals surface area contributed by atoms with Gasteiger partial charge in [0.15, 0.2) is 0 Å². The second-order valence-electron chi connectivity index (χ2n) is 3.76. The van der Waals surface area contributed by atoms with E-state index in [4.69, 9.17) is 10.2 Å². The molecule has 0 aliphatic rings. The van der Waals surface area contributed by atoms with Crippen LogP contribution < -0.4 is 5.32 Å². The summed E-state index contributed by atoms with van der Waals surface area (Å²) in [6, 6.07) is 3.46. The van der Waals surface area contributed by atoms with Crippen molar-refractivity contribution in [2.75, 3.05) is 16.8 Å². The van der Waals surface area contributed by atoms with E-state index in [1.807, 2.05) is 0 Å². The molecular formula is C13H13NO5S. The molecule has 0 saturated carbocycles. The van der Waals surface area contributed by atoms with Crippen molar-refractivity contribution in [3.8, 4) is 0 Å².